The largest absolute Gasteiger partial charge is 0.386 e. The Morgan fingerprint density at radius 1 is 0.554 bits per heavy atom. The molecule has 0 aromatic rings. The van der Waals surface area contributed by atoms with Gasteiger partial charge in [-0.3, -0.25) is 5.32 Å². The topological polar surface area (TPSA) is 80.6 Å². The van der Waals surface area contributed by atoms with Crippen LogP contribution in [0.25, 0.3) is 0 Å². The van der Waals surface area contributed by atoms with Gasteiger partial charge in [0, 0.05) is 44.1 Å². The van der Waals surface area contributed by atoms with Crippen LogP contribution in [0.2, 0.25) is 0 Å². The van der Waals surface area contributed by atoms with Crippen LogP contribution in [0.5, 0.6) is 0 Å². The molecule has 0 saturated carbocycles. The summed E-state index contributed by atoms with van der Waals surface area (Å²) in [6, 6.07) is 1.01. The second-order valence-corrected chi connectivity index (χ2v) is 15.4. The Bertz CT molecular complexity index is 675. The van der Waals surface area contributed by atoms with Gasteiger partial charge in [0.15, 0.2) is 0 Å². The second kappa shape index (κ2) is 63.3. The lowest BCUT2D eigenvalue weighted by Crippen LogP contribution is -2.37. The van der Waals surface area contributed by atoms with Gasteiger partial charge >= 0.3 is 0 Å². The molecule has 2 unspecified atom stereocenters. The highest BCUT2D eigenvalue weighted by atomic mass is 16.5. The van der Waals surface area contributed by atoms with Gasteiger partial charge in [-0.15, -0.1) is 6.58 Å². The number of unbranched alkanes of at least 4 members (excludes halogenated alkanes) is 18. The number of hydrogen-bond donors (Lipinski definition) is 4. The quantitative estimate of drug-likeness (QED) is 0.0282. The smallest absolute Gasteiger partial charge is 0.0965 e. The first-order chi connectivity index (χ1) is 27.3. The van der Waals surface area contributed by atoms with Crippen LogP contribution in [0.4, 0.5) is 0 Å². The lowest BCUT2D eigenvalue weighted by molar-refractivity contribution is 0.115. The molecule has 0 aliphatic heterocycles. The fourth-order valence-electron chi connectivity index (χ4n) is 5.80. The number of hydrogen-bond acceptors (Lipinski definition) is 6. The van der Waals surface area contributed by atoms with Crippen molar-refractivity contribution in [3.05, 3.63) is 24.4 Å². The molecule has 0 radical (unpaired) electrons. The molecule has 0 aromatic carbocycles. The van der Waals surface area contributed by atoms with E-state index in [1.807, 2.05) is 27.7 Å². The third-order valence-corrected chi connectivity index (χ3v) is 8.99. The van der Waals surface area contributed by atoms with Gasteiger partial charge < -0.3 is 25.8 Å². The molecule has 0 fully saturated rings. The van der Waals surface area contributed by atoms with Crippen LogP contribution in [-0.2, 0) is 9.47 Å². The van der Waals surface area contributed by atoms with Crippen molar-refractivity contribution in [1.29, 1.82) is 0 Å². The predicted molar refractivity (Wildman–Crippen MR) is 258 cm³/mol. The molecule has 0 rings (SSSR count). The molecule has 0 amide bonds. The molecule has 0 spiro atoms. The minimum atomic E-state index is 0.487. The van der Waals surface area contributed by atoms with Crippen LogP contribution >= 0.6 is 0 Å². The van der Waals surface area contributed by atoms with Gasteiger partial charge in [-0.1, -0.05) is 177 Å². The van der Waals surface area contributed by atoms with E-state index in [-0.39, 0.29) is 0 Å². The average Bonchev–Trinajstić information content (AvgIpc) is 3.19. The number of nitrogens with two attached hydrogens (primary N) is 1. The van der Waals surface area contributed by atoms with Crippen molar-refractivity contribution >= 4 is 0 Å². The summed E-state index contributed by atoms with van der Waals surface area (Å²) in [6.07, 6.45) is 34.6. The molecular formula is C50H110N4O2. The first-order valence-corrected chi connectivity index (χ1v) is 24.7. The maximum atomic E-state index is 5.46. The van der Waals surface area contributed by atoms with Crippen molar-refractivity contribution in [3.63, 3.8) is 0 Å². The summed E-state index contributed by atoms with van der Waals surface area (Å²) >= 11 is 0. The highest BCUT2D eigenvalue weighted by molar-refractivity contribution is 4.95. The van der Waals surface area contributed by atoms with Gasteiger partial charge in [0.25, 0.3) is 0 Å². The summed E-state index contributed by atoms with van der Waals surface area (Å²) < 4.78 is 10.8. The van der Waals surface area contributed by atoms with Gasteiger partial charge in [-0.25, -0.2) is 0 Å². The maximum absolute atomic E-state index is 5.46. The van der Waals surface area contributed by atoms with Crippen molar-refractivity contribution in [3.8, 4) is 0 Å². The average molecular weight is 799 g/mol. The number of nitrogens with one attached hydrogen (secondary N) is 3. The van der Waals surface area contributed by atoms with Crippen molar-refractivity contribution in [1.82, 2.24) is 16.0 Å². The van der Waals surface area contributed by atoms with E-state index in [1.165, 1.54) is 140 Å². The monoisotopic (exact) mass is 799 g/mol. The molecule has 0 heterocycles. The molecule has 0 saturated heterocycles. The molecule has 5 N–H and O–H groups in total. The Kier molecular flexibility index (Phi) is 72.6. The van der Waals surface area contributed by atoms with Crippen molar-refractivity contribution in [2.75, 3.05) is 46.2 Å². The van der Waals surface area contributed by atoms with E-state index in [2.05, 4.69) is 77.6 Å². The zero-order chi connectivity index (χ0) is 43.2. The molecule has 0 aromatic heterocycles. The summed E-state index contributed by atoms with van der Waals surface area (Å²) in [5.41, 5.74) is 7.89. The Labute approximate surface area is 355 Å². The van der Waals surface area contributed by atoms with E-state index in [1.54, 1.807) is 0 Å². The fourth-order valence-corrected chi connectivity index (χ4v) is 5.80. The van der Waals surface area contributed by atoms with E-state index in [9.17, 15) is 0 Å². The van der Waals surface area contributed by atoms with Gasteiger partial charge in [-0.2, -0.15) is 0 Å². The SMILES string of the molecule is C=C(C)CCC(C)NC(=C)CCCCCCCCCCCCCCCCCCC.CC.CC.CCC.CCCOCNCC(C)NCCCCCOCCCN. The third-order valence-electron chi connectivity index (χ3n) is 8.99. The lowest BCUT2D eigenvalue weighted by atomic mass is 10.0. The van der Waals surface area contributed by atoms with E-state index < -0.39 is 0 Å². The molecule has 342 valence electrons. The molecule has 2 atom stereocenters. The van der Waals surface area contributed by atoms with E-state index >= 15 is 0 Å². The summed E-state index contributed by atoms with van der Waals surface area (Å²) in [6.45, 7) is 37.3. The van der Waals surface area contributed by atoms with Crippen molar-refractivity contribution in [2.24, 2.45) is 5.73 Å². The zero-order valence-electron chi connectivity index (χ0n) is 40.8. The second-order valence-electron chi connectivity index (χ2n) is 15.4. The predicted octanol–water partition coefficient (Wildman–Crippen LogP) is 14.8. The maximum Gasteiger partial charge on any atom is 0.0965 e. The number of ether oxygens (including phenoxy) is 2. The van der Waals surface area contributed by atoms with Gasteiger partial charge in [0.1, 0.15) is 0 Å². The van der Waals surface area contributed by atoms with Crippen LogP contribution in [0, 0.1) is 0 Å². The van der Waals surface area contributed by atoms with Gasteiger partial charge in [0.05, 0.1) is 6.73 Å². The van der Waals surface area contributed by atoms with E-state index in [0.29, 0.717) is 18.8 Å². The van der Waals surface area contributed by atoms with Crippen molar-refractivity contribution < 1.29 is 9.47 Å². The highest BCUT2D eigenvalue weighted by Crippen LogP contribution is 2.15. The molecular weight excluding hydrogens is 689 g/mol. The summed E-state index contributed by atoms with van der Waals surface area (Å²) in [4.78, 5) is 0. The van der Waals surface area contributed by atoms with E-state index in [0.717, 1.165) is 78.0 Å². The number of allylic oxidation sites excluding steroid dienone is 2. The third kappa shape index (κ3) is 70.8. The Morgan fingerprint density at radius 2 is 1.02 bits per heavy atom. The first-order valence-electron chi connectivity index (χ1n) is 24.7. The summed E-state index contributed by atoms with van der Waals surface area (Å²) in [7, 11) is 0. The van der Waals surface area contributed by atoms with Crippen LogP contribution in [-0.4, -0.2) is 58.3 Å². The van der Waals surface area contributed by atoms with Gasteiger partial charge in [0.2, 0.25) is 0 Å². The summed E-state index contributed by atoms with van der Waals surface area (Å²) in [5.74, 6) is 0. The normalized spacial score (nSPS) is 11.4. The Hall–Kier alpha value is -0.920. The van der Waals surface area contributed by atoms with Crippen LogP contribution < -0.4 is 21.7 Å². The minimum Gasteiger partial charge on any atom is -0.386 e. The molecule has 0 aliphatic rings. The lowest BCUT2D eigenvalue weighted by Gasteiger charge is -2.17. The van der Waals surface area contributed by atoms with Crippen molar-refractivity contribution in [2.45, 2.75) is 255 Å². The zero-order valence-corrected chi connectivity index (χ0v) is 40.8. The first kappa shape index (κ1) is 64.2. The molecule has 0 aliphatic carbocycles. The van der Waals surface area contributed by atoms with Crippen LogP contribution in [0.15, 0.2) is 24.4 Å². The number of rotatable bonds is 39. The molecule has 6 nitrogen and oxygen atoms in total. The molecule has 6 heteroatoms. The molecule has 56 heavy (non-hydrogen) atoms. The standard InChI is InChI=1S/C28H55N.C15H35N3O2.C3H8.2C2H6/c1-6-7-8-9-10-11-12-13-14-15-16-17-18-19-20-21-22-23-27(4)29-28(5)25-24-26(2)3;1-3-10-20-14-17-13-15(2)18-9-5-4-6-11-19-12-7-8-16;1-3-2;2*1-2/h28-29H,2,4,6-25H2,1,3,5H3;15,17-18H,3-14,16H2,1-2H3;3H2,1-2H3;2*1-2H3. The summed E-state index contributed by atoms with van der Waals surface area (Å²) in [5, 5.41) is 10.3. The van der Waals surface area contributed by atoms with E-state index in [4.69, 9.17) is 15.2 Å². The minimum absolute atomic E-state index is 0.487. The molecule has 0 bridgehead atoms. The Balaban J connectivity index is -0.000000279. The fraction of sp³-hybridized carbons (Fsp3) is 0.920. The highest BCUT2D eigenvalue weighted by Gasteiger charge is 2.03. The van der Waals surface area contributed by atoms with Gasteiger partial charge in [-0.05, 0) is 91.6 Å². The Morgan fingerprint density at radius 3 is 1.48 bits per heavy atom. The van der Waals surface area contributed by atoms with Crippen LogP contribution in [0.1, 0.15) is 243 Å². The van der Waals surface area contributed by atoms with Crippen LogP contribution in [0.3, 0.4) is 0 Å².